The van der Waals surface area contributed by atoms with Gasteiger partial charge in [-0.15, -0.1) is 0 Å². The molecule has 0 spiro atoms. The summed E-state index contributed by atoms with van der Waals surface area (Å²) >= 11 is 0. The summed E-state index contributed by atoms with van der Waals surface area (Å²) in [5.74, 6) is -0.261. The highest BCUT2D eigenvalue weighted by Crippen LogP contribution is 2.25. The highest BCUT2D eigenvalue weighted by Gasteiger charge is 2.24. The van der Waals surface area contributed by atoms with Crippen LogP contribution < -0.4 is 5.32 Å². The molecule has 2 amide bonds. The lowest BCUT2D eigenvalue weighted by atomic mass is 10.1. The average Bonchev–Trinajstić information content (AvgIpc) is 3.28. The number of anilines is 1. The van der Waals surface area contributed by atoms with Gasteiger partial charge in [-0.2, -0.15) is 0 Å². The maximum atomic E-state index is 12.7. The van der Waals surface area contributed by atoms with E-state index in [1.54, 1.807) is 42.7 Å². The van der Waals surface area contributed by atoms with Gasteiger partial charge in [0.05, 0.1) is 18.4 Å². The van der Waals surface area contributed by atoms with E-state index in [9.17, 15) is 9.59 Å². The summed E-state index contributed by atoms with van der Waals surface area (Å²) in [6.45, 7) is 1.21. The van der Waals surface area contributed by atoms with Crippen LogP contribution in [0.1, 0.15) is 31.8 Å². The predicted molar refractivity (Wildman–Crippen MR) is 113 cm³/mol. The highest BCUT2D eigenvalue weighted by atomic mass is 16.2. The molecule has 0 atom stereocenters. The van der Waals surface area contributed by atoms with E-state index in [-0.39, 0.29) is 11.8 Å². The second-order valence-electron chi connectivity index (χ2n) is 7.41. The Morgan fingerprint density at radius 1 is 1.10 bits per heavy atom. The Bertz CT molecular complexity index is 1280. The van der Waals surface area contributed by atoms with Gasteiger partial charge >= 0.3 is 0 Å². The van der Waals surface area contributed by atoms with Gasteiger partial charge in [0.25, 0.3) is 11.8 Å². The summed E-state index contributed by atoms with van der Waals surface area (Å²) in [7, 11) is 1.76. The molecule has 1 aliphatic rings. The van der Waals surface area contributed by atoms with Crippen molar-refractivity contribution in [3.63, 3.8) is 0 Å². The Labute approximate surface area is 173 Å². The molecule has 0 saturated heterocycles. The van der Waals surface area contributed by atoms with E-state index in [0.29, 0.717) is 35.4 Å². The van der Waals surface area contributed by atoms with Crippen molar-refractivity contribution in [1.29, 1.82) is 0 Å². The topological polar surface area (TPSA) is 80.1 Å². The van der Waals surface area contributed by atoms with Crippen LogP contribution in [0.4, 0.5) is 5.69 Å². The number of fused-ring (bicyclic) bond motifs is 2. The average molecular weight is 397 g/mol. The molecule has 0 fully saturated rings. The predicted octanol–water partition coefficient (Wildman–Crippen LogP) is 3.32. The molecule has 148 valence electrons. The van der Waals surface area contributed by atoms with Gasteiger partial charge in [-0.1, -0.05) is 30.3 Å². The lowest BCUT2D eigenvalue weighted by Gasteiger charge is -2.07. The van der Waals surface area contributed by atoms with Crippen LogP contribution in [0, 0.1) is 0 Å². The number of rotatable bonds is 4. The standard InChI is InChI=1S/C23H19N5O2/c1-27-13-17-9-18(7-8-19(17)23(27)30)26-22(29)16-10-20-21(24-11-16)28(14-25-20)12-15-5-3-2-4-6-15/h2-11,14H,12-13H2,1H3,(H,26,29). The Hall–Kier alpha value is -4.00. The molecule has 0 radical (unpaired) electrons. The van der Waals surface area contributed by atoms with E-state index in [2.05, 4.69) is 27.4 Å². The second kappa shape index (κ2) is 7.11. The number of carbonyl (C=O) groups excluding carboxylic acids is 2. The fourth-order valence-electron chi connectivity index (χ4n) is 3.72. The van der Waals surface area contributed by atoms with Crippen molar-refractivity contribution >= 4 is 28.7 Å². The Kier molecular flexibility index (Phi) is 4.28. The summed E-state index contributed by atoms with van der Waals surface area (Å²) < 4.78 is 1.96. The molecule has 2 aromatic carbocycles. The van der Waals surface area contributed by atoms with E-state index in [0.717, 1.165) is 16.8 Å². The molecular weight excluding hydrogens is 378 g/mol. The molecule has 4 aromatic rings. The molecule has 5 rings (SSSR count). The first-order valence-electron chi connectivity index (χ1n) is 9.63. The molecule has 0 bridgehead atoms. The van der Waals surface area contributed by atoms with Crippen molar-refractivity contribution in [3.05, 3.63) is 89.4 Å². The number of hydrogen-bond acceptors (Lipinski definition) is 4. The van der Waals surface area contributed by atoms with Crippen molar-refractivity contribution in [3.8, 4) is 0 Å². The molecular formula is C23H19N5O2. The molecule has 3 heterocycles. The van der Waals surface area contributed by atoms with Crippen LogP contribution in [0.3, 0.4) is 0 Å². The van der Waals surface area contributed by atoms with Crippen molar-refractivity contribution < 1.29 is 9.59 Å². The molecule has 7 nitrogen and oxygen atoms in total. The molecule has 1 N–H and O–H groups in total. The van der Waals surface area contributed by atoms with Crippen molar-refractivity contribution in [2.45, 2.75) is 13.1 Å². The third-order valence-electron chi connectivity index (χ3n) is 5.26. The Morgan fingerprint density at radius 3 is 2.77 bits per heavy atom. The maximum absolute atomic E-state index is 12.7. The molecule has 30 heavy (non-hydrogen) atoms. The molecule has 7 heteroatoms. The largest absolute Gasteiger partial charge is 0.337 e. The summed E-state index contributed by atoms with van der Waals surface area (Å²) in [5, 5.41) is 2.89. The number of amides is 2. The van der Waals surface area contributed by atoms with Crippen LogP contribution >= 0.6 is 0 Å². The summed E-state index contributed by atoms with van der Waals surface area (Å²) in [6.07, 6.45) is 3.30. The van der Waals surface area contributed by atoms with Crippen molar-refractivity contribution in [2.75, 3.05) is 12.4 Å². The third-order valence-corrected chi connectivity index (χ3v) is 5.26. The summed E-state index contributed by atoms with van der Waals surface area (Å²) in [5.41, 5.74) is 5.23. The van der Waals surface area contributed by atoms with E-state index in [1.807, 2.05) is 28.8 Å². The van der Waals surface area contributed by atoms with Gasteiger partial charge < -0.3 is 14.8 Å². The van der Waals surface area contributed by atoms with Crippen LogP contribution in [-0.2, 0) is 13.1 Å². The van der Waals surface area contributed by atoms with Gasteiger partial charge in [-0.25, -0.2) is 9.97 Å². The number of pyridine rings is 1. The minimum atomic E-state index is -0.264. The molecule has 1 aliphatic heterocycles. The zero-order chi connectivity index (χ0) is 20.7. The van der Waals surface area contributed by atoms with Gasteiger partial charge in [0.2, 0.25) is 0 Å². The summed E-state index contributed by atoms with van der Waals surface area (Å²) in [6, 6.07) is 17.2. The highest BCUT2D eigenvalue weighted by molar-refractivity contribution is 6.06. The Morgan fingerprint density at radius 2 is 1.93 bits per heavy atom. The van der Waals surface area contributed by atoms with Gasteiger partial charge in [0.15, 0.2) is 5.65 Å². The molecule has 0 aliphatic carbocycles. The van der Waals surface area contributed by atoms with E-state index in [1.165, 1.54) is 0 Å². The van der Waals surface area contributed by atoms with Crippen LogP contribution in [0.15, 0.2) is 67.1 Å². The van der Waals surface area contributed by atoms with Crippen LogP contribution in [0.25, 0.3) is 11.2 Å². The van der Waals surface area contributed by atoms with E-state index < -0.39 is 0 Å². The molecule has 0 saturated carbocycles. The molecule has 2 aromatic heterocycles. The number of benzene rings is 2. The number of nitrogens with zero attached hydrogens (tertiary/aromatic N) is 4. The van der Waals surface area contributed by atoms with Crippen LogP contribution in [0.5, 0.6) is 0 Å². The number of carbonyl (C=O) groups is 2. The maximum Gasteiger partial charge on any atom is 0.257 e. The minimum Gasteiger partial charge on any atom is -0.337 e. The lowest BCUT2D eigenvalue weighted by molar-refractivity contribution is 0.0816. The van der Waals surface area contributed by atoms with Gasteiger partial charge in [-0.05, 0) is 35.4 Å². The van der Waals surface area contributed by atoms with Crippen molar-refractivity contribution in [2.24, 2.45) is 0 Å². The van der Waals surface area contributed by atoms with E-state index >= 15 is 0 Å². The quantitative estimate of drug-likeness (QED) is 0.573. The fraction of sp³-hybridized carbons (Fsp3) is 0.130. The zero-order valence-electron chi connectivity index (χ0n) is 16.4. The van der Waals surface area contributed by atoms with Gasteiger partial charge in [0, 0.05) is 31.0 Å². The first-order valence-corrected chi connectivity index (χ1v) is 9.63. The molecule has 0 unspecified atom stereocenters. The second-order valence-corrected chi connectivity index (χ2v) is 7.41. The lowest BCUT2D eigenvalue weighted by Crippen LogP contribution is -2.17. The third kappa shape index (κ3) is 3.20. The van der Waals surface area contributed by atoms with E-state index in [4.69, 9.17) is 0 Å². The normalized spacial score (nSPS) is 13.0. The monoisotopic (exact) mass is 397 g/mol. The van der Waals surface area contributed by atoms with Crippen LogP contribution in [-0.4, -0.2) is 38.3 Å². The van der Waals surface area contributed by atoms with Crippen molar-refractivity contribution in [1.82, 2.24) is 19.4 Å². The first-order chi connectivity index (χ1) is 14.6. The number of aromatic nitrogens is 3. The minimum absolute atomic E-state index is 0.00335. The first kappa shape index (κ1) is 18.1. The number of nitrogens with one attached hydrogen (secondary N) is 1. The Balaban J connectivity index is 1.36. The smallest absolute Gasteiger partial charge is 0.257 e. The zero-order valence-corrected chi connectivity index (χ0v) is 16.4. The van der Waals surface area contributed by atoms with Gasteiger partial charge in [0.1, 0.15) is 5.52 Å². The van der Waals surface area contributed by atoms with Crippen LogP contribution in [0.2, 0.25) is 0 Å². The summed E-state index contributed by atoms with van der Waals surface area (Å²) in [4.78, 5) is 35.3. The SMILES string of the molecule is CN1Cc2cc(NC(=O)c3cnc4c(c3)ncn4Cc3ccccc3)ccc2C1=O. The number of hydrogen-bond donors (Lipinski definition) is 1. The fourth-order valence-corrected chi connectivity index (χ4v) is 3.72. The number of imidazole rings is 1. The van der Waals surface area contributed by atoms with Gasteiger partial charge in [-0.3, -0.25) is 9.59 Å².